The molecule has 0 atom stereocenters. The molecule has 3 aromatic carbocycles. The third-order valence-corrected chi connectivity index (χ3v) is 4.39. The average molecular weight is 444 g/mol. The number of hydrogen-bond donors (Lipinski definition) is 1. The van der Waals surface area contributed by atoms with Crippen LogP contribution in [-0.4, -0.2) is 18.7 Å². The number of carbonyl (C=O) groups excluding carboxylic acids is 1. The number of anilines is 1. The monoisotopic (exact) mass is 442 g/mol. The van der Waals surface area contributed by atoms with E-state index in [1.807, 2.05) is 36.4 Å². The SMILES string of the molecule is O=C(COc1ccc(C=Nc2cccc(Br)c2)cc1)Nc1ccccc1Cl. The number of nitrogens with zero attached hydrogens (tertiary/aromatic N) is 1. The van der Waals surface area contributed by atoms with E-state index in [0.29, 0.717) is 16.5 Å². The Labute approximate surface area is 171 Å². The van der Waals surface area contributed by atoms with Gasteiger partial charge in [0, 0.05) is 10.7 Å². The van der Waals surface area contributed by atoms with Crippen LogP contribution in [0.3, 0.4) is 0 Å². The van der Waals surface area contributed by atoms with Gasteiger partial charge in [0.1, 0.15) is 5.75 Å². The average Bonchev–Trinajstić information content (AvgIpc) is 2.67. The van der Waals surface area contributed by atoms with Gasteiger partial charge in [-0.3, -0.25) is 9.79 Å². The molecule has 0 saturated heterocycles. The zero-order chi connectivity index (χ0) is 19.1. The molecule has 3 aromatic rings. The fourth-order valence-electron chi connectivity index (χ4n) is 2.25. The van der Waals surface area contributed by atoms with E-state index in [2.05, 4.69) is 26.2 Å². The Kier molecular flexibility index (Phi) is 6.63. The number of para-hydroxylation sites is 1. The number of benzene rings is 3. The van der Waals surface area contributed by atoms with Crippen molar-refractivity contribution in [3.05, 3.63) is 87.9 Å². The highest BCUT2D eigenvalue weighted by Crippen LogP contribution is 2.21. The highest BCUT2D eigenvalue weighted by molar-refractivity contribution is 9.10. The van der Waals surface area contributed by atoms with Crippen LogP contribution in [0.4, 0.5) is 11.4 Å². The normalized spacial score (nSPS) is 10.7. The van der Waals surface area contributed by atoms with Crippen molar-refractivity contribution < 1.29 is 9.53 Å². The van der Waals surface area contributed by atoms with E-state index >= 15 is 0 Å². The summed E-state index contributed by atoms with van der Waals surface area (Å²) in [6, 6.07) is 22.1. The van der Waals surface area contributed by atoms with E-state index < -0.39 is 0 Å². The first-order chi connectivity index (χ1) is 13.1. The van der Waals surface area contributed by atoms with Crippen LogP contribution in [0.5, 0.6) is 5.75 Å². The number of aliphatic imine (C=N–C) groups is 1. The molecule has 0 aliphatic heterocycles. The molecule has 0 spiro atoms. The lowest BCUT2D eigenvalue weighted by Crippen LogP contribution is -2.20. The van der Waals surface area contributed by atoms with Gasteiger partial charge in [0.25, 0.3) is 5.91 Å². The molecule has 1 amide bonds. The Morgan fingerprint density at radius 1 is 1.07 bits per heavy atom. The van der Waals surface area contributed by atoms with E-state index in [4.69, 9.17) is 16.3 Å². The number of ether oxygens (including phenoxy) is 1. The second-order valence-corrected chi connectivity index (χ2v) is 6.95. The van der Waals surface area contributed by atoms with E-state index in [0.717, 1.165) is 15.7 Å². The molecule has 0 aromatic heterocycles. The first kappa shape index (κ1) is 19.1. The quantitative estimate of drug-likeness (QED) is 0.484. The maximum Gasteiger partial charge on any atom is 0.262 e. The third kappa shape index (κ3) is 5.94. The van der Waals surface area contributed by atoms with Crippen molar-refractivity contribution in [3.63, 3.8) is 0 Å². The molecule has 4 nitrogen and oxygen atoms in total. The number of nitrogens with one attached hydrogen (secondary N) is 1. The molecule has 6 heteroatoms. The fourth-order valence-corrected chi connectivity index (χ4v) is 2.82. The van der Waals surface area contributed by atoms with Crippen molar-refractivity contribution in [2.45, 2.75) is 0 Å². The van der Waals surface area contributed by atoms with E-state index in [-0.39, 0.29) is 12.5 Å². The lowest BCUT2D eigenvalue weighted by Gasteiger charge is -2.08. The number of amides is 1. The lowest BCUT2D eigenvalue weighted by atomic mass is 10.2. The van der Waals surface area contributed by atoms with Crippen LogP contribution >= 0.6 is 27.5 Å². The van der Waals surface area contributed by atoms with Crippen molar-refractivity contribution in [2.24, 2.45) is 4.99 Å². The Balaban J connectivity index is 1.53. The molecule has 0 radical (unpaired) electrons. The summed E-state index contributed by atoms with van der Waals surface area (Å²) in [6.07, 6.45) is 1.77. The summed E-state index contributed by atoms with van der Waals surface area (Å²) in [7, 11) is 0. The van der Waals surface area contributed by atoms with E-state index in [1.165, 1.54) is 0 Å². The van der Waals surface area contributed by atoms with Crippen molar-refractivity contribution >= 4 is 51.0 Å². The van der Waals surface area contributed by atoms with Gasteiger partial charge in [-0.15, -0.1) is 0 Å². The van der Waals surface area contributed by atoms with Crippen LogP contribution in [0.25, 0.3) is 0 Å². The van der Waals surface area contributed by atoms with Crippen molar-refractivity contribution in [3.8, 4) is 5.75 Å². The van der Waals surface area contributed by atoms with Crippen LogP contribution in [0.1, 0.15) is 5.56 Å². The molecule has 0 saturated carbocycles. The van der Waals surface area contributed by atoms with Crippen LogP contribution in [0, 0.1) is 0 Å². The van der Waals surface area contributed by atoms with E-state index in [9.17, 15) is 4.79 Å². The Bertz CT molecular complexity index is 958. The van der Waals surface area contributed by atoms with Crippen molar-refractivity contribution in [1.29, 1.82) is 0 Å². The zero-order valence-corrected chi connectivity index (χ0v) is 16.6. The van der Waals surface area contributed by atoms with Gasteiger partial charge in [-0.25, -0.2) is 0 Å². The molecule has 0 bridgehead atoms. The van der Waals surface area contributed by atoms with Gasteiger partial charge in [-0.05, 0) is 60.2 Å². The molecule has 0 aliphatic rings. The van der Waals surface area contributed by atoms with Gasteiger partial charge in [0.15, 0.2) is 6.61 Å². The molecular formula is C21H16BrClN2O2. The molecular weight excluding hydrogens is 428 g/mol. The Hall–Kier alpha value is -2.63. The number of rotatable bonds is 6. The minimum atomic E-state index is -0.275. The van der Waals surface area contributed by atoms with Gasteiger partial charge in [-0.2, -0.15) is 0 Å². The highest BCUT2D eigenvalue weighted by Gasteiger charge is 2.06. The Morgan fingerprint density at radius 2 is 1.85 bits per heavy atom. The number of carbonyl (C=O) groups is 1. The van der Waals surface area contributed by atoms with Crippen LogP contribution in [0.2, 0.25) is 5.02 Å². The van der Waals surface area contributed by atoms with E-state index in [1.54, 1.807) is 42.6 Å². The first-order valence-corrected chi connectivity index (χ1v) is 9.34. The second-order valence-electron chi connectivity index (χ2n) is 5.62. The standard InChI is InChI=1S/C21H16BrClN2O2/c22-16-4-3-5-17(12-16)24-13-15-8-10-18(11-9-15)27-14-21(26)25-20-7-2-1-6-19(20)23/h1-13H,14H2,(H,25,26). The van der Waals surface area contributed by atoms with Crippen LogP contribution < -0.4 is 10.1 Å². The summed E-state index contributed by atoms with van der Waals surface area (Å²) >= 11 is 9.44. The molecule has 0 heterocycles. The molecule has 0 unspecified atom stereocenters. The molecule has 0 aliphatic carbocycles. The second kappa shape index (κ2) is 9.35. The largest absolute Gasteiger partial charge is 0.484 e. The smallest absolute Gasteiger partial charge is 0.262 e. The fraction of sp³-hybridized carbons (Fsp3) is 0.0476. The summed E-state index contributed by atoms with van der Waals surface area (Å²) in [6.45, 7) is -0.100. The van der Waals surface area contributed by atoms with Gasteiger partial charge in [0.05, 0.1) is 16.4 Å². The number of halogens is 2. The topological polar surface area (TPSA) is 50.7 Å². The van der Waals surface area contributed by atoms with Crippen molar-refractivity contribution in [2.75, 3.05) is 11.9 Å². The van der Waals surface area contributed by atoms with Gasteiger partial charge in [0.2, 0.25) is 0 Å². The molecule has 0 fully saturated rings. The lowest BCUT2D eigenvalue weighted by molar-refractivity contribution is -0.118. The van der Waals surface area contributed by atoms with Gasteiger partial charge >= 0.3 is 0 Å². The summed E-state index contributed by atoms with van der Waals surface area (Å²) in [4.78, 5) is 16.4. The van der Waals surface area contributed by atoms with Crippen molar-refractivity contribution in [1.82, 2.24) is 0 Å². The predicted octanol–water partition coefficient (Wildman–Crippen LogP) is 5.87. The summed E-state index contributed by atoms with van der Waals surface area (Å²) in [5.74, 6) is 0.326. The minimum Gasteiger partial charge on any atom is -0.484 e. The zero-order valence-electron chi connectivity index (χ0n) is 14.2. The maximum atomic E-state index is 12.0. The summed E-state index contributed by atoms with van der Waals surface area (Å²) in [5, 5.41) is 3.20. The van der Waals surface area contributed by atoms with Gasteiger partial charge < -0.3 is 10.1 Å². The number of hydrogen-bond acceptors (Lipinski definition) is 3. The molecule has 3 rings (SSSR count). The van der Waals surface area contributed by atoms with Gasteiger partial charge in [-0.1, -0.05) is 45.7 Å². The van der Waals surface area contributed by atoms with Crippen LogP contribution in [0.15, 0.2) is 82.3 Å². The molecule has 136 valence electrons. The first-order valence-electron chi connectivity index (χ1n) is 8.17. The third-order valence-electron chi connectivity index (χ3n) is 3.57. The Morgan fingerprint density at radius 3 is 2.59 bits per heavy atom. The summed E-state index contributed by atoms with van der Waals surface area (Å²) < 4.78 is 6.49. The molecule has 1 N–H and O–H groups in total. The molecule has 27 heavy (non-hydrogen) atoms. The summed E-state index contributed by atoms with van der Waals surface area (Å²) in [5.41, 5.74) is 2.36. The minimum absolute atomic E-state index is 0.100. The predicted molar refractivity (Wildman–Crippen MR) is 113 cm³/mol. The maximum absolute atomic E-state index is 12.0. The highest BCUT2D eigenvalue weighted by atomic mass is 79.9. The van der Waals surface area contributed by atoms with Crippen LogP contribution in [-0.2, 0) is 4.79 Å².